The first kappa shape index (κ1) is 24.2. The number of anilines is 1. The van der Waals surface area contributed by atoms with E-state index in [1.807, 2.05) is 24.3 Å². The number of carbonyl (C=O) groups excluding carboxylic acids is 1. The molecule has 0 aliphatic carbocycles. The maximum Gasteiger partial charge on any atom is 0.243 e. The van der Waals surface area contributed by atoms with Gasteiger partial charge in [-0.25, -0.2) is 8.42 Å². The van der Waals surface area contributed by atoms with Gasteiger partial charge in [-0.3, -0.25) is 4.79 Å². The van der Waals surface area contributed by atoms with Gasteiger partial charge in [0.25, 0.3) is 0 Å². The fraction of sp³-hybridized carbons (Fsp3) is 0.381. The number of methoxy groups -OCH3 is 1. The molecule has 0 heterocycles. The maximum atomic E-state index is 12.8. The summed E-state index contributed by atoms with van der Waals surface area (Å²) in [7, 11) is -2.17. The summed E-state index contributed by atoms with van der Waals surface area (Å²) in [5, 5.41) is 2.75. The Balaban J connectivity index is 2.00. The molecule has 0 aromatic heterocycles. The number of nitrogens with zero attached hydrogens (tertiary/aromatic N) is 1. The van der Waals surface area contributed by atoms with E-state index in [9.17, 15) is 13.2 Å². The number of benzene rings is 2. The topological polar surface area (TPSA) is 84.9 Å². The van der Waals surface area contributed by atoms with Crippen molar-refractivity contribution in [3.05, 3.63) is 46.9 Å². The molecule has 0 fully saturated rings. The number of carbonyl (C=O) groups is 1. The highest BCUT2D eigenvalue weighted by Gasteiger charge is 2.23. The Kier molecular flexibility index (Phi) is 9.13. The predicted molar refractivity (Wildman–Crippen MR) is 121 cm³/mol. The average Bonchev–Trinajstić information content (AvgIpc) is 2.73. The number of rotatable bonds is 11. The molecule has 0 aliphatic heterocycles. The van der Waals surface area contributed by atoms with Gasteiger partial charge >= 0.3 is 0 Å². The van der Waals surface area contributed by atoms with E-state index in [4.69, 9.17) is 9.47 Å². The number of hydrogen-bond acceptors (Lipinski definition) is 5. The van der Waals surface area contributed by atoms with Crippen LogP contribution in [0, 0.1) is 0 Å². The van der Waals surface area contributed by atoms with E-state index >= 15 is 0 Å². The molecule has 2 aromatic rings. The van der Waals surface area contributed by atoms with Gasteiger partial charge in [-0.05, 0) is 48.9 Å². The zero-order valence-electron chi connectivity index (χ0n) is 17.4. The molecule has 164 valence electrons. The van der Waals surface area contributed by atoms with Crippen molar-refractivity contribution in [2.24, 2.45) is 0 Å². The lowest BCUT2D eigenvalue weighted by atomic mass is 10.2. The molecular formula is C21H27BrN2O5S. The zero-order valence-corrected chi connectivity index (χ0v) is 19.8. The van der Waals surface area contributed by atoms with E-state index in [0.717, 1.165) is 10.2 Å². The lowest BCUT2D eigenvalue weighted by Gasteiger charge is -2.19. The van der Waals surface area contributed by atoms with Crippen LogP contribution in [0.15, 0.2) is 51.8 Å². The van der Waals surface area contributed by atoms with Gasteiger partial charge in [-0.15, -0.1) is 0 Å². The molecule has 2 aromatic carbocycles. The summed E-state index contributed by atoms with van der Waals surface area (Å²) in [5.74, 6) is 0.882. The Bertz CT molecular complexity index is 944. The standard InChI is InChI=1S/C21H27BrN2O5S/c1-4-24(5-2)30(26,27)18-12-13-20(28-3)19(15-18)23-21(25)7-6-14-29-17-10-8-16(22)9-11-17/h8-13,15H,4-7,14H2,1-3H3,(H,23,25). The Hall–Kier alpha value is -2.10. The van der Waals surface area contributed by atoms with Crippen LogP contribution in [0.5, 0.6) is 11.5 Å². The van der Waals surface area contributed by atoms with E-state index in [1.165, 1.54) is 23.5 Å². The molecule has 30 heavy (non-hydrogen) atoms. The highest BCUT2D eigenvalue weighted by atomic mass is 79.9. The van der Waals surface area contributed by atoms with E-state index in [1.54, 1.807) is 19.9 Å². The number of sulfonamides is 1. The Morgan fingerprint density at radius 3 is 2.37 bits per heavy atom. The average molecular weight is 499 g/mol. The molecule has 2 rings (SSSR count). The predicted octanol–water partition coefficient (Wildman–Crippen LogP) is 4.29. The van der Waals surface area contributed by atoms with E-state index < -0.39 is 10.0 Å². The summed E-state index contributed by atoms with van der Waals surface area (Å²) in [4.78, 5) is 12.5. The van der Waals surface area contributed by atoms with Crippen LogP contribution in [0.2, 0.25) is 0 Å². The molecule has 0 spiro atoms. The first-order valence-electron chi connectivity index (χ1n) is 9.68. The van der Waals surface area contributed by atoms with Gasteiger partial charge in [-0.1, -0.05) is 29.8 Å². The smallest absolute Gasteiger partial charge is 0.243 e. The van der Waals surface area contributed by atoms with Crippen molar-refractivity contribution >= 4 is 37.5 Å². The lowest BCUT2D eigenvalue weighted by molar-refractivity contribution is -0.116. The van der Waals surface area contributed by atoms with Crippen molar-refractivity contribution in [1.82, 2.24) is 4.31 Å². The molecule has 0 unspecified atom stereocenters. The summed E-state index contributed by atoms with van der Waals surface area (Å²) < 4.78 is 38.7. The van der Waals surface area contributed by atoms with Crippen LogP contribution >= 0.6 is 15.9 Å². The molecule has 0 bridgehead atoms. The number of halogens is 1. The third-order valence-corrected chi connectivity index (χ3v) is 6.99. The molecule has 7 nitrogen and oxygen atoms in total. The van der Waals surface area contributed by atoms with Gasteiger partial charge in [0, 0.05) is 24.0 Å². The van der Waals surface area contributed by atoms with Gasteiger partial charge < -0.3 is 14.8 Å². The first-order chi connectivity index (χ1) is 14.3. The highest BCUT2D eigenvalue weighted by molar-refractivity contribution is 9.10. The molecule has 0 saturated carbocycles. The molecule has 9 heteroatoms. The fourth-order valence-electron chi connectivity index (χ4n) is 2.82. The number of nitrogens with one attached hydrogen (secondary N) is 1. The van der Waals surface area contributed by atoms with Crippen molar-refractivity contribution in [1.29, 1.82) is 0 Å². The third-order valence-electron chi connectivity index (χ3n) is 4.42. The largest absolute Gasteiger partial charge is 0.495 e. The van der Waals surface area contributed by atoms with Gasteiger partial charge in [0.2, 0.25) is 15.9 Å². The summed E-state index contributed by atoms with van der Waals surface area (Å²) in [6.07, 6.45) is 0.744. The summed E-state index contributed by atoms with van der Waals surface area (Å²) >= 11 is 3.36. The second-order valence-corrected chi connectivity index (χ2v) is 9.26. The molecule has 1 N–H and O–H groups in total. The summed E-state index contributed by atoms with van der Waals surface area (Å²) in [6.45, 7) is 4.69. The van der Waals surface area contributed by atoms with Gasteiger partial charge in [0.1, 0.15) is 11.5 Å². The van der Waals surface area contributed by atoms with E-state index in [0.29, 0.717) is 37.6 Å². The minimum Gasteiger partial charge on any atom is -0.495 e. The Morgan fingerprint density at radius 2 is 1.77 bits per heavy atom. The zero-order chi connectivity index (χ0) is 22.1. The van der Waals surface area contributed by atoms with Gasteiger partial charge in [-0.2, -0.15) is 4.31 Å². The first-order valence-corrected chi connectivity index (χ1v) is 11.9. The normalized spacial score (nSPS) is 11.4. The third kappa shape index (κ3) is 6.45. The van der Waals surface area contributed by atoms with Crippen molar-refractivity contribution in [2.45, 2.75) is 31.6 Å². The maximum absolute atomic E-state index is 12.8. The second-order valence-electron chi connectivity index (χ2n) is 6.41. The molecule has 1 amide bonds. The Morgan fingerprint density at radius 1 is 1.10 bits per heavy atom. The summed E-state index contributed by atoms with van der Waals surface area (Å²) in [5.41, 5.74) is 0.324. The number of hydrogen-bond donors (Lipinski definition) is 1. The van der Waals surface area contributed by atoms with Crippen LogP contribution in [0.4, 0.5) is 5.69 Å². The van der Waals surface area contributed by atoms with Crippen molar-refractivity contribution in [3.8, 4) is 11.5 Å². The second kappa shape index (κ2) is 11.3. The monoisotopic (exact) mass is 498 g/mol. The van der Waals surface area contributed by atoms with E-state index in [-0.39, 0.29) is 17.2 Å². The Labute approximate surface area is 186 Å². The van der Waals surface area contributed by atoms with Crippen molar-refractivity contribution < 1.29 is 22.7 Å². The van der Waals surface area contributed by atoms with Crippen molar-refractivity contribution in [2.75, 3.05) is 32.1 Å². The van der Waals surface area contributed by atoms with Crippen molar-refractivity contribution in [3.63, 3.8) is 0 Å². The van der Waals surface area contributed by atoms with Gasteiger partial charge in [0.05, 0.1) is 24.3 Å². The van der Waals surface area contributed by atoms with Crippen LogP contribution in [0.25, 0.3) is 0 Å². The van der Waals surface area contributed by atoms with E-state index in [2.05, 4.69) is 21.2 Å². The summed E-state index contributed by atoms with van der Waals surface area (Å²) in [6, 6.07) is 11.9. The number of ether oxygens (including phenoxy) is 2. The quantitative estimate of drug-likeness (QED) is 0.467. The van der Waals surface area contributed by atoms with Gasteiger partial charge in [0.15, 0.2) is 0 Å². The van der Waals surface area contributed by atoms with Crippen LogP contribution in [0.1, 0.15) is 26.7 Å². The van der Waals surface area contributed by atoms with Crippen LogP contribution < -0.4 is 14.8 Å². The fourth-order valence-corrected chi connectivity index (χ4v) is 4.57. The van der Waals surface area contributed by atoms with Crippen LogP contribution in [0.3, 0.4) is 0 Å². The molecule has 0 radical (unpaired) electrons. The number of amides is 1. The van der Waals surface area contributed by atoms with Crippen LogP contribution in [-0.2, 0) is 14.8 Å². The molecule has 0 aliphatic rings. The van der Waals surface area contributed by atoms with Crippen LogP contribution in [-0.4, -0.2) is 45.4 Å². The highest BCUT2D eigenvalue weighted by Crippen LogP contribution is 2.29. The SMILES string of the molecule is CCN(CC)S(=O)(=O)c1ccc(OC)c(NC(=O)CCCOc2ccc(Br)cc2)c1. The minimum absolute atomic E-state index is 0.112. The lowest BCUT2D eigenvalue weighted by Crippen LogP contribution is -2.30. The molecule has 0 atom stereocenters. The molecule has 0 saturated heterocycles. The molecular weight excluding hydrogens is 472 g/mol. The minimum atomic E-state index is -3.64.